The van der Waals surface area contributed by atoms with E-state index in [-0.39, 0.29) is 5.75 Å². The van der Waals surface area contributed by atoms with Crippen LogP contribution in [0.1, 0.15) is 26.2 Å². The Kier molecular flexibility index (Phi) is 3.50. The molecule has 1 rings (SSSR count). The van der Waals surface area contributed by atoms with Gasteiger partial charge in [0.1, 0.15) is 0 Å². The van der Waals surface area contributed by atoms with Gasteiger partial charge in [0, 0.05) is 13.1 Å². The van der Waals surface area contributed by atoms with Crippen LogP contribution in [0.25, 0.3) is 0 Å². The largest absolute Gasteiger partial charge is 0.214 e. The van der Waals surface area contributed by atoms with E-state index in [2.05, 4.69) is 6.58 Å². The smallest absolute Gasteiger partial charge is 0.212 e. The van der Waals surface area contributed by atoms with E-state index < -0.39 is 10.0 Å². The molecule has 0 aliphatic carbocycles. The lowest BCUT2D eigenvalue weighted by Gasteiger charge is -2.27. The van der Waals surface area contributed by atoms with Crippen LogP contribution in [0.4, 0.5) is 0 Å². The third-order valence-corrected chi connectivity index (χ3v) is 4.22. The highest BCUT2D eigenvalue weighted by Gasteiger charge is 2.23. The molecule has 0 N–H and O–H groups in total. The van der Waals surface area contributed by atoms with Gasteiger partial charge in [-0.1, -0.05) is 19.1 Å². The Morgan fingerprint density at radius 3 is 2.77 bits per heavy atom. The predicted molar refractivity (Wildman–Crippen MR) is 54.0 cm³/mol. The highest BCUT2D eigenvalue weighted by molar-refractivity contribution is 7.89. The summed E-state index contributed by atoms with van der Waals surface area (Å²) in [6.07, 6.45) is 2.57. The first-order valence-electron chi connectivity index (χ1n) is 4.70. The molecule has 1 aliphatic rings. The Labute approximate surface area is 80.5 Å². The summed E-state index contributed by atoms with van der Waals surface area (Å²) < 4.78 is 24.8. The summed E-state index contributed by atoms with van der Waals surface area (Å²) in [7, 11) is -2.99. The number of piperidine rings is 1. The number of hydrogen-bond donors (Lipinski definition) is 0. The van der Waals surface area contributed by atoms with Crippen molar-refractivity contribution in [3.8, 4) is 0 Å². The molecular weight excluding hydrogens is 186 g/mol. The molecule has 76 valence electrons. The average molecular weight is 203 g/mol. The van der Waals surface area contributed by atoms with Crippen molar-refractivity contribution in [3.63, 3.8) is 0 Å². The van der Waals surface area contributed by atoms with E-state index in [0.717, 1.165) is 18.4 Å². The zero-order valence-electron chi connectivity index (χ0n) is 8.12. The quantitative estimate of drug-likeness (QED) is 0.650. The number of sulfonamides is 1. The van der Waals surface area contributed by atoms with Gasteiger partial charge in [0.2, 0.25) is 10.0 Å². The van der Waals surface area contributed by atoms with Gasteiger partial charge in [-0.15, -0.1) is 0 Å². The molecule has 0 aromatic heterocycles. The van der Waals surface area contributed by atoms with E-state index in [0.29, 0.717) is 19.5 Å². The fourth-order valence-electron chi connectivity index (χ4n) is 1.54. The average Bonchev–Trinajstić information content (AvgIpc) is 2.04. The van der Waals surface area contributed by atoms with Gasteiger partial charge in [-0.3, -0.25) is 0 Å². The molecule has 0 radical (unpaired) electrons. The van der Waals surface area contributed by atoms with Crippen molar-refractivity contribution in [2.75, 3.05) is 18.8 Å². The van der Waals surface area contributed by atoms with Crippen LogP contribution in [-0.2, 0) is 10.0 Å². The maximum atomic E-state index is 11.6. The lowest BCUT2D eigenvalue weighted by molar-refractivity contribution is 0.395. The molecule has 13 heavy (non-hydrogen) atoms. The summed E-state index contributed by atoms with van der Waals surface area (Å²) in [5.41, 5.74) is 1.03. The van der Waals surface area contributed by atoms with E-state index in [4.69, 9.17) is 0 Å². The van der Waals surface area contributed by atoms with Crippen LogP contribution in [0.2, 0.25) is 0 Å². The van der Waals surface area contributed by atoms with Gasteiger partial charge < -0.3 is 0 Å². The molecule has 4 heteroatoms. The topological polar surface area (TPSA) is 37.4 Å². The van der Waals surface area contributed by atoms with Gasteiger partial charge in [0.25, 0.3) is 0 Å². The lowest BCUT2D eigenvalue weighted by Crippen LogP contribution is -2.37. The predicted octanol–water partition coefficient (Wildman–Crippen LogP) is 1.38. The third kappa shape index (κ3) is 2.81. The zero-order chi connectivity index (χ0) is 9.90. The van der Waals surface area contributed by atoms with Gasteiger partial charge >= 0.3 is 0 Å². The normalized spacial score (nSPS) is 20.5. The molecule has 0 aromatic rings. The highest BCUT2D eigenvalue weighted by atomic mass is 32.2. The molecular formula is C9H17NO2S. The maximum absolute atomic E-state index is 11.6. The van der Waals surface area contributed by atoms with Crippen molar-refractivity contribution in [3.05, 3.63) is 12.2 Å². The Bertz CT molecular complexity index is 282. The van der Waals surface area contributed by atoms with E-state index in [1.807, 2.05) is 6.92 Å². The second-order valence-corrected chi connectivity index (χ2v) is 5.59. The second-order valence-electron chi connectivity index (χ2n) is 3.50. The van der Waals surface area contributed by atoms with Gasteiger partial charge in [-0.05, 0) is 19.3 Å². The van der Waals surface area contributed by atoms with Crippen LogP contribution in [0.15, 0.2) is 12.2 Å². The Balaban J connectivity index is 2.65. The van der Waals surface area contributed by atoms with Crippen molar-refractivity contribution in [1.82, 2.24) is 4.31 Å². The van der Waals surface area contributed by atoms with E-state index in [9.17, 15) is 8.42 Å². The maximum Gasteiger partial charge on any atom is 0.214 e. The monoisotopic (exact) mass is 203 g/mol. The minimum Gasteiger partial charge on any atom is -0.212 e. The Hall–Kier alpha value is -0.350. The van der Waals surface area contributed by atoms with Crippen molar-refractivity contribution in [2.24, 2.45) is 0 Å². The van der Waals surface area contributed by atoms with Crippen molar-refractivity contribution >= 4 is 10.0 Å². The molecule has 0 aromatic carbocycles. The number of nitrogens with zero attached hydrogens (tertiary/aromatic N) is 1. The zero-order valence-corrected chi connectivity index (χ0v) is 8.94. The van der Waals surface area contributed by atoms with E-state index >= 15 is 0 Å². The lowest BCUT2D eigenvalue weighted by atomic mass is 10.1. The van der Waals surface area contributed by atoms with Gasteiger partial charge in [-0.25, -0.2) is 8.42 Å². The standard InChI is InChI=1S/C9H17NO2S/c1-3-7-13(11,12)10-6-4-5-9(2)8-10/h2-8H2,1H3. The molecule has 1 aliphatic heterocycles. The summed E-state index contributed by atoms with van der Waals surface area (Å²) in [5.74, 6) is 0.264. The molecule has 0 bridgehead atoms. The summed E-state index contributed by atoms with van der Waals surface area (Å²) in [6, 6.07) is 0. The molecule has 0 atom stereocenters. The minimum absolute atomic E-state index is 0.264. The SMILES string of the molecule is C=C1CCCN(S(=O)(=O)CCC)C1. The Morgan fingerprint density at radius 2 is 2.23 bits per heavy atom. The Morgan fingerprint density at radius 1 is 1.54 bits per heavy atom. The van der Waals surface area contributed by atoms with Crippen molar-refractivity contribution in [1.29, 1.82) is 0 Å². The second kappa shape index (κ2) is 4.24. The fourth-order valence-corrected chi connectivity index (χ4v) is 3.10. The molecule has 1 fully saturated rings. The van der Waals surface area contributed by atoms with Gasteiger partial charge in [-0.2, -0.15) is 4.31 Å². The molecule has 1 saturated heterocycles. The van der Waals surface area contributed by atoms with Gasteiger partial charge in [0.15, 0.2) is 0 Å². The van der Waals surface area contributed by atoms with Crippen LogP contribution in [0.5, 0.6) is 0 Å². The summed E-state index contributed by atoms with van der Waals surface area (Å²) in [5, 5.41) is 0. The minimum atomic E-state index is -2.99. The van der Waals surface area contributed by atoms with Gasteiger partial charge in [0.05, 0.1) is 5.75 Å². The van der Waals surface area contributed by atoms with E-state index in [1.165, 1.54) is 0 Å². The summed E-state index contributed by atoms with van der Waals surface area (Å²) in [4.78, 5) is 0. The third-order valence-electron chi connectivity index (χ3n) is 2.19. The molecule has 0 amide bonds. The van der Waals surface area contributed by atoms with Crippen LogP contribution < -0.4 is 0 Å². The summed E-state index contributed by atoms with van der Waals surface area (Å²) >= 11 is 0. The molecule has 1 heterocycles. The molecule has 0 saturated carbocycles. The van der Waals surface area contributed by atoms with Crippen LogP contribution >= 0.6 is 0 Å². The van der Waals surface area contributed by atoms with Crippen LogP contribution in [-0.4, -0.2) is 31.6 Å². The van der Waals surface area contributed by atoms with Crippen molar-refractivity contribution in [2.45, 2.75) is 26.2 Å². The molecule has 0 spiro atoms. The van der Waals surface area contributed by atoms with E-state index in [1.54, 1.807) is 4.31 Å². The fraction of sp³-hybridized carbons (Fsp3) is 0.778. The molecule has 3 nitrogen and oxygen atoms in total. The first-order valence-corrected chi connectivity index (χ1v) is 6.31. The summed E-state index contributed by atoms with van der Waals surface area (Å²) in [6.45, 7) is 6.92. The number of hydrogen-bond acceptors (Lipinski definition) is 2. The highest BCUT2D eigenvalue weighted by Crippen LogP contribution is 2.17. The van der Waals surface area contributed by atoms with Crippen LogP contribution in [0.3, 0.4) is 0 Å². The first kappa shape index (κ1) is 10.7. The van der Waals surface area contributed by atoms with Crippen LogP contribution in [0, 0.1) is 0 Å². The van der Waals surface area contributed by atoms with Crippen molar-refractivity contribution < 1.29 is 8.42 Å². The molecule has 0 unspecified atom stereocenters. The first-order chi connectivity index (χ1) is 6.06. The number of rotatable bonds is 3.